The van der Waals surface area contributed by atoms with Gasteiger partial charge in [0.2, 0.25) is 0 Å². The van der Waals surface area contributed by atoms with E-state index in [2.05, 4.69) is 41.2 Å². The molecule has 1 heterocycles. The van der Waals surface area contributed by atoms with Crippen LogP contribution in [0.2, 0.25) is 0 Å². The zero-order valence-corrected chi connectivity index (χ0v) is 12.1. The molecule has 0 saturated heterocycles. The van der Waals surface area contributed by atoms with E-state index in [-0.39, 0.29) is 5.91 Å². The number of nitrogens with zero attached hydrogens (tertiary/aromatic N) is 3. The third kappa shape index (κ3) is 3.41. The zero-order chi connectivity index (χ0) is 14.5. The molecule has 0 spiro atoms. The molecule has 0 aliphatic heterocycles. The summed E-state index contributed by atoms with van der Waals surface area (Å²) >= 11 is 0. The van der Waals surface area contributed by atoms with Gasteiger partial charge in [0.05, 0.1) is 11.9 Å². The molecule has 0 fully saturated rings. The fourth-order valence-corrected chi connectivity index (χ4v) is 1.92. The van der Waals surface area contributed by atoms with Crippen LogP contribution < -0.4 is 0 Å². The van der Waals surface area contributed by atoms with Crippen LogP contribution in [-0.4, -0.2) is 27.8 Å². The SMILES string of the molecule is CCc1ccc(CN(C)C(=O)c2cnc(C)cn2)cc1. The molecule has 0 atom stereocenters. The van der Waals surface area contributed by atoms with E-state index < -0.39 is 0 Å². The minimum absolute atomic E-state index is 0.114. The summed E-state index contributed by atoms with van der Waals surface area (Å²) in [5.74, 6) is -0.114. The number of rotatable bonds is 4. The molecule has 1 amide bonds. The molecule has 4 nitrogen and oxygen atoms in total. The van der Waals surface area contributed by atoms with E-state index in [4.69, 9.17) is 0 Å². The van der Waals surface area contributed by atoms with Crippen LogP contribution in [0.15, 0.2) is 36.7 Å². The van der Waals surface area contributed by atoms with Crippen molar-refractivity contribution in [2.24, 2.45) is 0 Å². The Labute approximate surface area is 119 Å². The molecule has 0 N–H and O–H groups in total. The summed E-state index contributed by atoms with van der Waals surface area (Å²) in [5, 5.41) is 0. The highest BCUT2D eigenvalue weighted by Crippen LogP contribution is 2.09. The third-order valence-electron chi connectivity index (χ3n) is 3.20. The first-order valence-electron chi connectivity index (χ1n) is 6.72. The fourth-order valence-electron chi connectivity index (χ4n) is 1.92. The van der Waals surface area contributed by atoms with Crippen LogP contribution in [0.4, 0.5) is 0 Å². The highest BCUT2D eigenvalue weighted by molar-refractivity contribution is 5.91. The van der Waals surface area contributed by atoms with E-state index in [0.29, 0.717) is 12.2 Å². The van der Waals surface area contributed by atoms with E-state index in [0.717, 1.165) is 17.7 Å². The lowest BCUT2D eigenvalue weighted by Crippen LogP contribution is -2.27. The van der Waals surface area contributed by atoms with Crippen molar-refractivity contribution in [2.75, 3.05) is 7.05 Å². The number of aromatic nitrogens is 2. The first-order valence-corrected chi connectivity index (χ1v) is 6.72. The van der Waals surface area contributed by atoms with E-state index in [1.165, 1.54) is 11.8 Å². The molecule has 0 bridgehead atoms. The Balaban J connectivity index is 2.04. The second-order valence-corrected chi connectivity index (χ2v) is 4.87. The van der Waals surface area contributed by atoms with Crippen molar-refractivity contribution < 1.29 is 4.79 Å². The average Bonchev–Trinajstić information content (AvgIpc) is 2.48. The summed E-state index contributed by atoms with van der Waals surface area (Å²) in [6.45, 7) is 4.54. The van der Waals surface area contributed by atoms with Crippen LogP contribution in [0.1, 0.15) is 34.2 Å². The van der Waals surface area contributed by atoms with Gasteiger partial charge in [0, 0.05) is 19.8 Å². The number of carbonyl (C=O) groups is 1. The number of benzene rings is 1. The number of hydrogen-bond acceptors (Lipinski definition) is 3. The number of carbonyl (C=O) groups excluding carboxylic acids is 1. The average molecular weight is 269 g/mol. The van der Waals surface area contributed by atoms with Crippen LogP contribution in [0, 0.1) is 6.92 Å². The van der Waals surface area contributed by atoms with Crippen molar-refractivity contribution >= 4 is 5.91 Å². The maximum Gasteiger partial charge on any atom is 0.274 e. The Morgan fingerprint density at radius 1 is 1.10 bits per heavy atom. The highest BCUT2D eigenvalue weighted by atomic mass is 16.2. The van der Waals surface area contributed by atoms with Gasteiger partial charge < -0.3 is 4.90 Å². The first-order chi connectivity index (χ1) is 9.60. The molecule has 2 rings (SSSR count). The van der Waals surface area contributed by atoms with Crippen molar-refractivity contribution in [1.29, 1.82) is 0 Å². The minimum atomic E-state index is -0.114. The largest absolute Gasteiger partial charge is 0.336 e. The Kier molecular flexibility index (Phi) is 4.45. The molecular formula is C16H19N3O. The van der Waals surface area contributed by atoms with Crippen molar-refractivity contribution in [3.05, 3.63) is 59.2 Å². The molecule has 4 heteroatoms. The maximum atomic E-state index is 12.2. The lowest BCUT2D eigenvalue weighted by molar-refractivity contribution is 0.0779. The van der Waals surface area contributed by atoms with Crippen LogP contribution in [0.25, 0.3) is 0 Å². The second kappa shape index (κ2) is 6.28. The quantitative estimate of drug-likeness (QED) is 0.857. The van der Waals surface area contributed by atoms with E-state index in [1.54, 1.807) is 18.1 Å². The van der Waals surface area contributed by atoms with Gasteiger partial charge in [-0.05, 0) is 24.5 Å². The van der Waals surface area contributed by atoms with Crippen molar-refractivity contribution in [3.8, 4) is 0 Å². The van der Waals surface area contributed by atoms with Gasteiger partial charge >= 0.3 is 0 Å². The summed E-state index contributed by atoms with van der Waals surface area (Å²) in [4.78, 5) is 22.1. The molecule has 0 radical (unpaired) electrons. The normalized spacial score (nSPS) is 10.3. The summed E-state index contributed by atoms with van der Waals surface area (Å²) < 4.78 is 0. The minimum Gasteiger partial charge on any atom is -0.336 e. The van der Waals surface area contributed by atoms with Crippen LogP contribution >= 0.6 is 0 Å². The summed E-state index contributed by atoms with van der Waals surface area (Å²) in [5.41, 5.74) is 3.59. The van der Waals surface area contributed by atoms with E-state index in [9.17, 15) is 4.79 Å². The van der Waals surface area contributed by atoms with Gasteiger partial charge in [0.25, 0.3) is 5.91 Å². The Bertz CT molecular complexity index is 576. The predicted molar refractivity (Wildman–Crippen MR) is 78.4 cm³/mol. The van der Waals surface area contributed by atoms with Gasteiger partial charge in [-0.25, -0.2) is 4.98 Å². The second-order valence-electron chi connectivity index (χ2n) is 4.87. The Morgan fingerprint density at radius 2 is 1.75 bits per heavy atom. The molecule has 0 saturated carbocycles. The van der Waals surface area contributed by atoms with E-state index >= 15 is 0 Å². The molecule has 0 unspecified atom stereocenters. The van der Waals surface area contributed by atoms with Crippen LogP contribution in [0.3, 0.4) is 0 Å². The van der Waals surface area contributed by atoms with Crippen LogP contribution in [0.5, 0.6) is 0 Å². The molecule has 104 valence electrons. The fraction of sp³-hybridized carbons (Fsp3) is 0.312. The molecule has 1 aromatic heterocycles. The Hall–Kier alpha value is -2.23. The molecule has 20 heavy (non-hydrogen) atoms. The standard InChI is InChI=1S/C16H19N3O/c1-4-13-5-7-14(8-6-13)11-19(3)16(20)15-10-17-12(2)9-18-15/h5-10H,4,11H2,1-3H3. The van der Waals surface area contributed by atoms with E-state index in [1.807, 2.05) is 6.92 Å². The highest BCUT2D eigenvalue weighted by Gasteiger charge is 2.13. The molecule has 2 aromatic rings. The van der Waals surface area contributed by atoms with Crippen molar-refractivity contribution in [3.63, 3.8) is 0 Å². The predicted octanol–water partition coefficient (Wildman–Crippen LogP) is 2.62. The molecular weight excluding hydrogens is 250 g/mol. The topological polar surface area (TPSA) is 46.1 Å². The first kappa shape index (κ1) is 14.2. The summed E-state index contributed by atoms with van der Waals surface area (Å²) in [6, 6.07) is 8.31. The van der Waals surface area contributed by atoms with Crippen molar-refractivity contribution in [2.45, 2.75) is 26.8 Å². The number of hydrogen-bond donors (Lipinski definition) is 0. The van der Waals surface area contributed by atoms with Crippen LogP contribution in [-0.2, 0) is 13.0 Å². The van der Waals surface area contributed by atoms with Gasteiger partial charge in [0.15, 0.2) is 0 Å². The smallest absolute Gasteiger partial charge is 0.274 e. The monoisotopic (exact) mass is 269 g/mol. The lowest BCUT2D eigenvalue weighted by Gasteiger charge is -2.16. The number of amides is 1. The maximum absolute atomic E-state index is 12.2. The molecule has 1 aromatic carbocycles. The summed E-state index contributed by atoms with van der Waals surface area (Å²) in [6.07, 6.45) is 4.15. The lowest BCUT2D eigenvalue weighted by atomic mass is 10.1. The summed E-state index contributed by atoms with van der Waals surface area (Å²) in [7, 11) is 1.78. The third-order valence-corrected chi connectivity index (χ3v) is 3.20. The van der Waals surface area contributed by atoms with Gasteiger partial charge in [-0.2, -0.15) is 0 Å². The number of aryl methyl sites for hydroxylation is 2. The van der Waals surface area contributed by atoms with Gasteiger partial charge in [-0.1, -0.05) is 31.2 Å². The molecule has 0 aliphatic rings. The molecule has 0 aliphatic carbocycles. The Morgan fingerprint density at radius 3 is 2.30 bits per heavy atom. The van der Waals surface area contributed by atoms with Gasteiger partial charge in [-0.15, -0.1) is 0 Å². The zero-order valence-electron chi connectivity index (χ0n) is 12.1. The van der Waals surface area contributed by atoms with Gasteiger partial charge in [0.1, 0.15) is 5.69 Å². The van der Waals surface area contributed by atoms with Gasteiger partial charge in [-0.3, -0.25) is 9.78 Å². The van der Waals surface area contributed by atoms with Crippen molar-refractivity contribution in [1.82, 2.24) is 14.9 Å².